The van der Waals surface area contributed by atoms with Crippen LogP contribution in [0.25, 0.3) is 0 Å². The van der Waals surface area contributed by atoms with Gasteiger partial charge in [-0.25, -0.2) is 0 Å². The standard InChI is InChI=1S/C15H27N3O3/c16-13-5-7-18(8-6-13)10-14(19)17-9-11-1-3-12(4-2-11)15(20)21/h11-13H,1-10,16H2,(H,17,19)(H,20,21). The topological polar surface area (TPSA) is 95.7 Å². The van der Waals surface area contributed by atoms with E-state index < -0.39 is 5.97 Å². The number of nitrogens with one attached hydrogen (secondary N) is 1. The van der Waals surface area contributed by atoms with E-state index in [2.05, 4.69) is 10.2 Å². The summed E-state index contributed by atoms with van der Waals surface area (Å²) in [7, 11) is 0. The molecule has 4 N–H and O–H groups in total. The fraction of sp³-hybridized carbons (Fsp3) is 0.867. The van der Waals surface area contributed by atoms with Gasteiger partial charge in [0.15, 0.2) is 0 Å². The number of hydrogen-bond donors (Lipinski definition) is 3. The maximum atomic E-state index is 11.9. The fourth-order valence-corrected chi connectivity index (χ4v) is 3.24. The third kappa shape index (κ3) is 5.28. The Balaban J connectivity index is 1.60. The molecule has 1 saturated heterocycles. The predicted octanol–water partition coefficient (Wildman–Crippen LogP) is 0.417. The molecule has 2 aliphatic rings. The molecule has 0 unspecified atom stereocenters. The van der Waals surface area contributed by atoms with E-state index in [0.29, 0.717) is 19.0 Å². The molecular weight excluding hydrogens is 270 g/mol. The summed E-state index contributed by atoms with van der Waals surface area (Å²) >= 11 is 0. The molecular formula is C15H27N3O3. The Bertz CT molecular complexity index is 359. The number of piperidine rings is 1. The summed E-state index contributed by atoms with van der Waals surface area (Å²) in [6.45, 7) is 2.94. The summed E-state index contributed by atoms with van der Waals surface area (Å²) in [5.41, 5.74) is 5.85. The van der Waals surface area contributed by atoms with Crippen LogP contribution in [0.5, 0.6) is 0 Å². The van der Waals surface area contributed by atoms with Crippen molar-refractivity contribution < 1.29 is 14.7 Å². The van der Waals surface area contributed by atoms with E-state index in [-0.39, 0.29) is 17.9 Å². The first-order chi connectivity index (χ1) is 10.0. The maximum Gasteiger partial charge on any atom is 0.306 e. The first kappa shape index (κ1) is 16.2. The number of carbonyl (C=O) groups is 2. The Hall–Kier alpha value is -1.14. The van der Waals surface area contributed by atoms with Gasteiger partial charge in [0.25, 0.3) is 0 Å². The number of hydrogen-bond acceptors (Lipinski definition) is 4. The van der Waals surface area contributed by atoms with E-state index >= 15 is 0 Å². The molecule has 0 aromatic heterocycles. The van der Waals surface area contributed by atoms with Crippen LogP contribution in [0.2, 0.25) is 0 Å². The van der Waals surface area contributed by atoms with E-state index in [1.165, 1.54) is 0 Å². The summed E-state index contributed by atoms with van der Waals surface area (Å²) in [5.74, 6) is -0.361. The molecule has 0 bridgehead atoms. The second kappa shape index (κ2) is 7.75. The van der Waals surface area contributed by atoms with Crippen LogP contribution in [-0.4, -0.2) is 54.1 Å². The van der Waals surface area contributed by atoms with E-state index in [0.717, 1.165) is 51.6 Å². The first-order valence-corrected chi connectivity index (χ1v) is 8.02. The number of likely N-dealkylation sites (tertiary alicyclic amines) is 1. The molecule has 1 aliphatic carbocycles. The number of carbonyl (C=O) groups excluding carboxylic acids is 1. The molecule has 1 heterocycles. The average molecular weight is 297 g/mol. The largest absolute Gasteiger partial charge is 0.481 e. The molecule has 0 atom stereocenters. The molecule has 1 saturated carbocycles. The van der Waals surface area contributed by atoms with Crippen molar-refractivity contribution in [3.63, 3.8) is 0 Å². The Kier molecular flexibility index (Phi) is 5.99. The number of carboxylic acid groups (broad SMARTS) is 1. The normalized spacial score (nSPS) is 28.2. The molecule has 21 heavy (non-hydrogen) atoms. The maximum absolute atomic E-state index is 11.9. The minimum absolute atomic E-state index is 0.0748. The van der Waals surface area contributed by atoms with Crippen LogP contribution >= 0.6 is 0 Å². The lowest BCUT2D eigenvalue weighted by Gasteiger charge is -2.30. The van der Waals surface area contributed by atoms with Crippen LogP contribution < -0.4 is 11.1 Å². The van der Waals surface area contributed by atoms with Gasteiger partial charge in [0.05, 0.1) is 12.5 Å². The summed E-state index contributed by atoms with van der Waals surface area (Å²) in [6.07, 6.45) is 5.20. The van der Waals surface area contributed by atoms with E-state index in [4.69, 9.17) is 10.8 Å². The minimum Gasteiger partial charge on any atom is -0.481 e. The molecule has 2 rings (SSSR count). The van der Waals surface area contributed by atoms with Crippen molar-refractivity contribution in [3.05, 3.63) is 0 Å². The highest BCUT2D eigenvalue weighted by atomic mass is 16.4. The lowest BCUT2D eigenvalue weighted by atomic mass is 9.82. The Morgan fingerprint density at radius 3 is 2.29 bits per heavy atom. The first-order valence-electron chi connectivity index (χ1n) is 8.02. The van der Waals surface area contributed by atoms with Crippen LogP contribution in [0.1, 0.15) is 38.5 Å². The monoisotopic (exact) mass is 297 g/mol. The molecule has 120 valence electrons. The molecule has 0 aromatic rings. The minimum atomic E-state index is -0.680. The van der Waals surface area contributed by atoms with Crippen molar-refractivity contribution in [1.29, 1.82) is 0 Å². The number of amides is 1. The van der Waals surface area contributed by atoms with Crippen LogP contribution in [0.4, 0.5) is 0 Å². The summed E-state index contributed by atoms with van der Waals surface area (Å²) in [4.78, 5) is 25.0. The Morgan fingerprint density at radius 1 is 1.10 bits per heavy atom. The van der Waals surface area contributed by atoms with Crippen LogP contribution in [-0.2, 0) is 9.59 Å². The number of rotatable bonds is 5. The van der Waals surface area contributed by atoms with Crippen molar-refractivity contribution >= 4 is 11.9 Å². The Morgan fingerprint density at radius 2 is 1.71 bits per heavy atom. The van der Waals surface area contributed by atoms with Gasteiger partial charge in [0.1, 0.15) is 0 Å². The van der Waals surface area contributed by atoms with Gasteiger partial charge in [-0.1, -0.05) is 0 Å². The van der Waals surface area contributed by atoms with Crippen LogP contribution in [0, 0.1) is 11.8 Å². The molecule has 6 nitrogen and oxygen atoms in total. The quantitative estimate of drug-likeness (QED) is 0.683. The van der Waals surface area contributed by atoms with Gasteiger partial charge >= 0.3 is 5.97 Å². The molecule has 0 aromatic carbocycles. The van der Waals surface area contributed by atoms with Gasteiger partial charge in [-0.05, 0) is 44.4 Å². The van der Waals surface area contributed by atoms with Gasteiger partial charge in [-0.15, -0.1) is 0 Å². The third-order valence-electron chi connectivity index (χ3n) is 4.78. The summed E-state index contributed by atoms with van der Waals surface area (Å²) in [5, 5.41) is 12.0. The van der Waals surface area contributed by atoms with Gasteiger partial charge in [0.2, 0.25) is 5.91 Å². The highest BCUT2D eigenvalue weighted by Crippen LogP contribution is 2.28. The smallest absolute Gasteiger partial charge is 0.306 e. The van der Waals surface area contributed by atoms with Crippen molar-refractivity contribution in [2.24, 2.45) is 17.6 Å². The van der Waals surface area contributed by atoms with Crippen molar-refractivity contribution in [3.8, 4) is 0 Å². The zero-order chi connectivity index (χ0) is 15.2. The zero-order valence-electron chi connectivity index (χ0n) is 12.6. The second-order valence-electron chi connectivity index (χ2n) is 6.47. The van der Waals surface area contributed by atoms with E-state index in [1.54, 1.807) is 0 Å². The average Bonchev–Trinajstić information content (AvgIpc) is 2.48. The van der Waals surface area contributed by atoms with Crippen LogP contribution in [0.15, 0.2) is 0 Å². The van der Waals surface area contributed by atoms with Crippen molar-refractivity contribution in [2.45, 2.75) is 44.6 Å². The molecule has 1 aliphatic heterocycles. The number of nitrogens with two attached hydrogens (primary N) is 1. The lowest BCUT2D eigenvalue weighted by molar-refractivity contribution is -0.143. The lowest BCUT2D eigenvalue weighted by Crippen LogP contribution is -2.45. The highest BCUT2D eigenvalue weighted by molar-refractivity contribution is 5.78. The summed E-state index contributed by atoms with van der Waals surface area (Å²) < 4.78 is 0. The third-order valence-corrected chi connectivity index (χ3v) is 4.78. The van der Waals surface area contributed by atoms with E-state index in [9.17, 15) is 9.59 Å². The van der Waals surface area contributed by atoms with Gasteiger partial charge in [-0.2, -0.15) is 0 Å². The Labute approximate surface area is 126 Å². The number of aliphatic carboxylic acids is 1. The van der Waals surface area contributed by atoms with Gasteiger partial charge in [-0.3, -0.25) is 14.5 Å². The van der Waals surface area contributed by atoms with Crippen molar-refractivity contribution in [2.75, 3.05) is 26.2 Å². The molecule has 0 spiro atoms. The predicted molar refractivity (Wildman–Crippen MR) is 79.7 cm³/mol. The van der Waals surface area contributed by atoms with Gasteiger partial charge < -0.3 is 16.2 Å². The number of carboxylic acids is 1. The molecule has 0 radical (unpaired) electrons. The zero-order valence-corrected chi connectivity index (χ0v) is 12.6. The molecule has 1 amide bonds. The van der Waals surface area contributed by atoms with E-state index in [1.807, 2.05) is 0 Å². The highest BCUT2D eigenvalue weighted by Gasteiger charge is 2.26. The van der Waals surface area contributed by atoms with Gasteiger partial charge in [0, 0.05) is 25.7 Å². The SMILES string of the molecule is NC1CCN(CC(=O)NCC2CCC(C(=O)O)CC2)CC1. The number of nitrogens with zero attached hydrogens (tertiary/aromatic N) is 1. The fourth-order valence-electron chi connectivity index (χ4n) is 3.24. The summed E-state index contributed by atoms with van der Waals surface area (Å²) in [6, 6.07) is 0.286. The van der Waals surface area contributed by atoms with Crippen LogP contribution in [0.3, 0.4) is 0 Å². The van der Waals surface area contributed by atoms with Crippen molar-refractivity contribution in [1.82, 2.24) is 10.2 Å². The molecule has 6 heteroatoms. The second-order valence-corrected chi connectivity index (χ2v) is 6.47. The molecule has 2 fully saturated rings.